The van der Waals surface area contributed by atoms with Crippen molar-refractivity contribution in [3.63, 3.8) is 0 Å². The van der Waals surface area contributed by atoms with Gasteiger partial charge in [-0.2, -0.15) is 0 Å². The van der Waals surface area contributed by atoms with E-state index in [9.17, 15) is 17.6 Å². The molecule has 1 saturated carbocycles. The van der Waals surface area contributed by atoms with Crippen LogP contribution in [0.3, 0.4) is 0 Å². The van der Waals surface area contributed by atoms with E-state index in [0.29, 0.717) is 5.92 Å². The maximum Gasteiger partial charge on any atom is 0.338 e. The molecule has 2 N–H and O–H groups in total. The van der Waals surface area contributed by atoms with Crippen molar-refractivity contribution < 1.29 is 22.7 Å². The summed E-state index contributed by atoms with van der Waals surface area (Å²) in [7, 11) is -3.82. The van der Waals surface area contributed by atoms with E-state index in [1.165, 1.54) is 6.92 Å². The van der Waals surface area contributed by atoms with Crippen molar-refractivity contribution in [3.8, 4) is 0 Å². The third-order valence-corrected chi connectivity index (χ3v) is 4.99. The highest BCUT2D eigenvalue weighted by Gasteiger charge is 2.38. The Kier molecular flexibility index (Phi) is 3.84. The van der Waals surface area contributed by atoms with E-state index in [1.807, 2.05) is 6.92 Å². The molecular formula is C13H16FNO4S. The van der Waals surface area contributed by atoms with Crippen molar-refractivity contribution >= 4 is 16.0 Å². The number of rotatable bonds is 5. The standard InChI is InChI=1S/C13H16FNO4S/c1-3-8-5-11(8)15-20(18,19)9-4-7(2)12(14)10(6-9)13(16)17/h4,6,8,11,15H,3,5H2,1-2H3,(H,16,17). The molecule has 0 saturated heterocycles. The number of carboxylic acids is 1. The molecule has 20 heavy (non-hydrogen) atoms. The van der Waals surface area contributed by atoms with Crippen molar-refractivity contribution in [2.24, 2.45) is 5.92 Å². The predicted octanol–water partition coefficient (Wildman–Crippen LogP) is 1.91. The number of hydrogen-bond donors (Lipinski definition) is 2. The topological polar surface area (TPSA) is 83.5 Å². The van der Waals surface area contributed by atoms with Crippen molar-refractivity contribution in [1.29, 1.82) is 0 Å². The van der Waals surface area contributed by atoms with Gasteiger partial charge < -0.3 is 5.11 Å². The molecule has 0 heterocycles. The van der Waals surface area contributed by atoms with E-state index in [-0.39, 0.29) is 16.5 Å². The molecule has 5 nitrogen and oxygen atoms in total. The fourth-order valence-corrected chi connectivity index (χ4v) is 3.59. The highest BCUT2D eigenvalue weighted by Crippen LogP contribution is 2.34. The van der Waals surface area contributed by atoms with Crippen LogP contribution in [-0.4, -0.2) is 25.5 Å². The zero-order chi connectivity index (χ0) is 15.1. The predicted molar refractivity (Wildman–Crippen MR) is 70.6 cm³/mol. The summed E-state index contributed by atoms with van der Waals surface area (Å²) in [6.07, 6.45) is 1.66. The summed E-state index contributed by atoms with van der Waals surface area (Å²) in [5, 5.41) is 8.90. The summed E-state index contributed by atoms with van der Waals surface area (Å²) in [4.78, 5) is 10.7. The molecule has 110 valence electrons. The van der Waals surface area contributed by atoms with Gasteiger partial charge in [0.2, 0.25) is 10.0 Å². The second-order valence-corrected chi connectivity index (χ2v) is 6.75. The lowest BCUT2D eigenvalue weighted by molar-refractivity contribution is 0.0691. The lowest BCUT2D eigenvalue weighted by Gasteiger charge is -2.09. The molecule has 7 heteroatoms. The van der Waals surface area contributed by atoms with Crippen molar-refractivity contribution in [2.45, 2.75) is 37.6 Å². The smallest absolute Gasteiger partial charge is 0.338 e. The van der Waals surface area contributed by atoms with Crippen LogP contribution in [0.15, 0.2) is 17.0 Å². The number of benzene rings is 1. The number of carboxylic acid groups (broad SMARTS) is 1. The molecule has 0 amide bonds. The number of halogens is 1. The van der Waals surface area contributed by atoms with Gasteiger partial charge in [0, 0.05) is 6.04 Å². The van der Waals surface area contributed by atoms with Crippen LogP contribution in [-0.2, 0) is 10.0 Å². The fraction of sp³-hybridized carbons (Fsp3) is 0.462. The van der Waals surface area contributed by atoms with Gasteiger partial charge in [-0.25, -0.2) is 22.3 Å². The maximum atomic E-state index is 13.6. The minimum absolute atomic E-state index is 0.00638. The molecule has 2 atom stereocenters. The third-order valence-electron chi connectivity index (χ3n) is 3.52. The summed E-state index contributed by atoms with van der Waals surface area (Å²) in [6, 6.07) is 1.90. The Morgan fingerprint density at radius 1 is 1.50 bits per heavy atom. The van der Waals surface area contributed by atoms with Gasteiger partial charge in [-0.15, -0.1) is 0 Å². The summed E-state index contributed by atoms with van der Waals surface area (Å²) in [5.41, 5.74) is -0.638. The van der Waals surface area contributed by atoms with E-state index in [0.717, 1.165) is 25.0 Å². The molecule has 0 aliphatic heterocycles. The average molecular weight is 301 g/mol. The van der Waals surface area contributed by atoms with Crippen LogP contribution in [0.5, 0.6) is 0 Å². The van der Waals surface area contributed by atoms with Crippen LogP contribution in [0, 0.1) is 18.7 Å². The molecule has 1 aliphatic carbocycles. The Morgan fingerprint density at radius 2 is 2.15 bits per heavy atom. The molecule has 0 radical (unpaired) electrons. The van der Waals surface area contributed by atoms with E-state index in [2.05, 4.69) is 4.72 Å². The van der Waals surface area contributed by atoms with Gasteiger partial charge in [-0.05, 0) is 37.0 Å². The summed E-state index contributed by atoms with van der Waals surface area (Å²) in [6.45, 7) is 3.32. The second-order valence-electron chi connectivity index (χ2n) is 5.04. The SMILES string of the molecule is CCC1CC1NS(=O)(=O)c1cc(C)c(F)c(C(=O)O)c1. The molecule has 0 spiro atoms. The first-order valence-electron chi connectivity index (χ1n) is 6.32. The molecule has 2 unspecified atom stereocenters. The highest BCUT2D eigenvalue weighted by atomic mass is 32.2. The Balaban J connectivity index is 2.35. The molecule has 1 aromatic carbocycles. The van der Waals surface area contributed by atoms with Gasteiger partial charge in [-0.1, -0.05) is 13.3 Å². The number of carbonyl (C=O) groups is 1. The summed E-state index contributed by atoms with van der Waals surface area (Å²) >= 11 is 0. The first-order valence-corrected chi connectivity index (χ1v) is 7.80. The van der Waals surface area contributed by atoms with Crippen molar-refractivity contribution in [1.82, 2.24) is 4.72 Å². The Hall–Kier alpha value is -1.47. The van der Waals surface area contributed by atoms with E-state index >= 15 is 0 Å². The zero-order valence-corrected chi connectivity index (χ0v) is 12.0. The van der Waals surface area contributed by atoms with Crippen molar-refractivity contribution in [3.05, 3.63) is 29.1 Å². The van der Waals surface area contributed by atoms with Gasteiger partial charge >= 0.3 is 5.97 Å². The monoisotopic (exact) mass is 301 g/mol. The zero-order valence-electron chi connectivity index (χ0n) is 11.2. The van der Waals surface area contributed by atoms with Crippen LogP contribution < -0.4 is 4.72 Å². The lowest BCUT2D eigenvalue weighted by atomic mass is 10.1. The fourth-order valence-electron chi connectivity index (χ4n) is 2.16. The van der Waals surface area contributed by atoms with Gasteiger partial charge in [0.25, 0.3) is 0 Å². The van der Waals surface area contributed by atoms with Crippen LogP contribution in [0.4, 0.5) is 4.39 Å². The van der Waals surface area contributed by atoms with Gasteiger partial charge in [0.1, 0.15) is 5.82 Å². The van der Waals surface area contributed by atoms with Crippen LogP contribution >= 0.6 is 0 Å². The minimum Gasteiger partial charge on any atom is -0.478 e. The van der Waals surface area contributed by atoms with Crippen LogP contribution in [0.1, 0.15) is 35.7 Å². The normalized spacial score (nSPS) is 21.8. The molecular weight excluding hydrogens is 285 g/mol. The van der Waals surface area contributed by atoms with Crippen LogP contribution in [0.2, 0.25) is 0 Å². The molecule has 0 aromatic heterocycles. The number of sulfonamides is 1. The molecule has 1 aliphatic rings. The van der Waals surface area contributed by atoms with E-state index in [1.54, 1.807) is 0 Å². The lowest BCUT2D eigenvalue weighted by Crippen LogP contribution is -2.27. The first-order chi connectivity index (χ1) is 9.26. The quantitative estimate of drug-likeness (QED) is 0.870. The second kappa shape index (κ2) is 5.14. The molecule has 1 fully saturated rings. The average Bonchev–Trinajstić information content (AvgIpc) is 3.09. The highest BCUT2D eigenvalue weighted by molar-refractivity contribution is 7.89. The number of aromatic carboxylic acids is 1. The number of hydrogen-bond acceptors (Lipinski definition) is 3. The molecule has 2 rings (SSSR count). The Bertz CT molecular complexity index is 657. The molecule has 1 aromatic rings. The maximum absolute atomic E-state index is 13.6. The number of nitrogens with one attached hydrogen (secondary N) is 1. The third kappa shape index (κ3) is 2.83. The van der Waals surface area contributed by atoms with Gasteiger partial charge in [0.15, 0.2) is 0 Å². The van der Waals surface area contributed by atoms with Gasteiger partial charge in [-0.3, -0.25) is 0 Å². The van der Waals surface area contributed by atoms with E-state index < -0.39 is 27.4 Å². The summed E-state index contributed by atoms with van der Waals surface area (Å²) in [5.74, 6) is -2.07. The molecule has 0 bridgehead atoms. The first kappa shape index (κ1) is 14.9. The largest absolute Gasteiger partial charge is 0.478 e. The van der Waals surface area contributed by atoms with Crippen molar-refractivity contribution in [2.75, 3.05) is 0 Å². The number of aryl methyl sites for hydroxylation is 1. The Morgan fingerprint density at radius 3 is 2.65 bits per heavy atom. The Labute approximate surface area is 116 Å². The minimum atomic E-state index is -3.82. The summed E-state index contributed by atoms with van der Waals surface area (Å²) < 4.78 is 40.4. The van der Waals surface area contributed by atoms with E-state index in [4.69, 9.17) is 5.11 Å². The van der Waals surface area contributed by atoms with Gasteiger partial charge in [0.05, 0.1) is 10.5 Å². The van der Waals surface area contributed by atoms with Crippen LogP contribution in [0.25, 0.3) is 0 Å².